The molecule has 2 aromatic carbocycles. The number of aliphatic hydroxyl groups excluding tert-OH is 1. The summed E-state index contributed by atoms with van der Waals surface area (Å²) in [6.45, 7) is 1.02. The Balaban J connectivity index is 2.11. The first-order chi connectivity index (χ1) is 10.7. The monoisotopic (exact) mass is 293 g/mol. The molecule has 1 aliphatic carbocycles. The van der Waals surface area contributed by atoms with Crippen molar-refractivity contribution in [3.63, 3.8) is 0 Å². The molecule has 0 amide bonds. The van der Waals surface area contributed by atoms with Gasteiger partial charge in [0, 0.05) is 13.0 Å². The molecule has 0 unspecified atom stereocenters. The smallest absolute Gasteiger partial charge is 0.0836 e. The summed E-state index contributed by atoms with van der Waals surface area (Å²) < 4.78 is 0. The van der Waals surface area contributed by atoms with Gasteiger partial charge in [-0.15, -0.1) is 0 Å². The summed E-state index contributed by atoms with van der Waals surface area (Å²) in [4.78, 5) is 2.19. The second-order valence-corrected chi connectivity index (χ2v) is 6.17. The molecule has 0 radical (unpaired) electrons. The lowest BCUT2D eigenvalue weighted by atomic mass is 9.93. The molecule has 0 saturated carbocycles. The third-order valence-electron chi connectivity index (χ3n) is 4.26. The van der Waals surface area contributed by atoms with Gasteiger partial charge in [-0.25, -0.2) is 0 Å². The third kappa shape index (κ3) is 2.99. The van der Waals surface area contributed by atoms with Crippen molar-refractivity contribution in [1.82, 2.24) is 4.90 Å². The molecule has 2 aromatic rings. The van der Waals surface area contributed by atoms with Crippen LogP contribution in [0.5, 0.6) is 0 Å². The fourth-order valence-corrected chi connectivity index (χ4v) is 3.14. The predicted octanol–water partition coefficient (Wildman–Crippen LogP) is 3.66. The van der Waals surface area contributed by atoms with Crippen molar-refractivity contribution in [2.45, 2.75) is 18.9 Å². The Morgan fingerprint density at radius 3 is 2.50 bits per heavy atom. The Morgan fingerprint density at radius 1 is 1.05 bits per heavy atom. The van der Waals surface area contributed by atoms with Crippen molar-refractivity contribution in [3.05, 3.63) is 76.9 Å². The van der Waals surface area contributed by atoms with Gasteiger partial charge in [-0.3, -0.25) is 0 Å². The SMILES string of the molecule is CN(C)CC/C=C1\c2ccccc2C[C@@H](O)c2ccccc21. The first-order valence-corrected chi connectivity index (χ1v) is 7.87. The lowest BCUT2D eigenvalue weighted by molar-refractivity contribution is 0.179. The molecule has 0 heterocycles. The second kappa shape index (κ2) is 6.47. The van der Waals surface area contributed by atoms with Crippen molar-refractivity contribution in [2.24, 2.45) is 0 Å². The highest BCUT2D eigenvalue weighted by atomic mass is 16.3. The zero-order valence-electron chi connectivity index (χ0n) is 13.3. The molecule has 1 atom stereocenters. The Kier molecular flexibility index (Phi) is 4.41. The average Bonchev–Trinajstić information content (AvgIpc) is 2.63. The highest BCUT2D eigenvalue weighted by Gasteiger charge is 2.22. The van der Waals surface area contributed by atoms with Crippen LogP contribution in [-0.2, 0) is 6.42 Å². The van der Waals surface area contributed by atoms with Crippen LogP contribution in [0.1, 0.15) is 34.8 Å². The molecular formula is C20H23NO. The Bertz CT molecular complexity index is 688. The summed E-state index contributed by atoms with van der Waals surface area (Å²) in [5.41, 5.74) is 5.94. The van der Waals surface area contributed by atoms with Gasteiger partial charge in [0.2, 0.25) is 0 Å². The number of benzene rings is 2. The number of hydrogen-bond donors (Lipinski definition) is 1. The summed E-state index contributed by atoms with van der Waals surface area (Å²) >= 11 is 0. The standard InChI is InChI=1S/C20H23NO/c1-21(2)13-7-12-17-16-9-4-3-8-15(16)14-20(22)19-11-6-5-10-18(17)19/h3-6,8-12,20,22H,7,13-14H2,1-2H3/b17-12+/t20-/m1/s1. The fourth-order valence-electron chi connectivity index (χ4n) is 3.14. The molecule has 0 aliphatic heterocycles. The molecule has 0 spiro atoms. The number of fused-ring (bicyclic) bond motifs is 2. The van der Waals surface area contributed by atoms with Gasteiger partial charge in [-0.2, -0.15) is 0 Å². The number of rotatable bonds is 3. The maximum Gasteiger partial charge on any atom is 0.0836 e. The van der Waals surface area contributed by atoms with E-state index in [2.05, 4.69) is 61.5 Å². The summed E-state index contributed by atoms with van der Waals surface area (Å²) in [7, 11) is 4.19. The molecule has 0 aromatic heterocycles. The molecule has 3 rings (SSSR count). The lowest BCUT2D eigenvalue weighted by Crippen LogP contribution is -2.12. The van der Waals surface area contributed by atoms with Gasteiger partial charge in [0.05, 0.1) is 6.10 Å². The van der Waals surface area contributed by atoms with Crippen molar-refractivity contribution in [2.75, 3.05) is 20.6 Å². The van der Waals surface area contributed by atoms with Gasteiger partial charge >= 0.3 is 0 Å². The quantitative estimate of drug-likeness (QED) is 0.933. The maximum atomic E-state index is 10.6. The summed E-state index contributed by atoms with van der Waals surface area (Å²) in [6.07, 6.45) is 3.56. The Labute approximate surface area is 132 Å². The lowest BCUT2D eigenvalue weighted by Gasteiger charge is -2.14. The first-order valence-electron chi connectivity index (χ1n) is 7.87. The minimum Gasteiger partial charge on any atom is -0.388 e. The Hall–Kier alpha value is -1.90. The number of aliphatic hydroxyl groups is 1. The van der Waals surface area contributed by atoms with Gasteiger partial charge in [0.25, 0.3) is 0 Å². The zero-order valence-corrected chi connectivity index (χ0v) is 13.3. The van der Waals surface area contributed by atoms with Gasteiger partial charge in [-0.05, 0) is 48.3 Å². The van der Waals surface area contributed by atoms with Gasteiger partial charge < -0.3 is 10.0 Å². The molecule has 1 N–H and O–H groups in total. The van der Waals surface area contributed by atoms with E-state index in [-0.39, 0.29) is 0 Å². The van der Waals surface area contributed by atoms with Crippen molar-refractivity contribution >= 4 is 5.57 Å². The predicted molar refractivity (Wildman–Crippen MR) is 91.8 cm³/mol. The molecule has 1 aliphatic rings. The minimum atomic E-state index is -0.433. The van der Waals surface area contributed by atoms with Gasteiger partial charge in [0.15, 0.2) is 0 Å². The highest BCUT2D eigenvalue weighted by Crippen LogP contribution is 2.37. The van der Waals surface area contributed by atoms with E-state index in [4.69, 9.17) is 0 Å². The van der Waals surface area contributed by atoms with E-state index < -0.39 is 6.10 Å². The molecule has 22 heavy (non-hydrogen) atoms. The number of hydrogen-bond acceptors (Lipinski definition) is 2. The highest BCUT2D eigenvalue weighted by molar-refractivity contribution is 5.84. The molecular weight excluding hydrogens is 270 g/mol. The van der Waals surface area contributed by atoms with Crippen LogP contribution in [0.4, 0.5) is 0 Å². The molecule has 0 bridgehead atoms. The van der Waals surface area contributed by atoms with E-state index in [0.29, 0.717) is 6.42 Å². The van der Waals surface area contributed by atoms with Crippen molar-refractivity contribution in [3.8, 4) is 0 Å². The topological polar surface area (TPSA) is 23.5 Å². The molecule has 2 heteroatoms. The normalized spacial score (nSPS) is 18.9. The summed E-state index contributed by atoms with van der Waals surface area (Å²) in [5.74, 6) is 0. The summed E-state index contributed by atoms with van der Waals surface area (Å²) in [5, 5.41) is 10.6. The van der Waals surface area contributed by atoms with Crippen molar-refractivity contribution in [1.29, 1.82) is 0 Å². The zero-order chi connectivity index (χ0) is 15.5. The largest absolute Gasteiger partial charge is 0.388 e. The van der Waals surface area contributed by atoms with Crippen LogP contribution in [0.15, 0.2) is 54.6 Å². The summed E-state index contributed by atoms with van der Waals surface area (Å²) in [6, 6.07) is 16.7. The third-order valence-corrected chi connectivity index (χ3v) is 4.26. The second-order valence-electron chi connectivity index (χ2n) is 6.17. The van der Waals surface area contributed by atoms with E-state index in [0.717, 1.165) is 18.5 Å². The molecule has 114 valence electrons. The minimum absolute atomic E-state index is 0.433. The molecule has 2 nitrogen and oxygen atoms in total. The van der Waals surface area contributed by atoms with Crippen molar-refractivity contribution < 1.29 is 5.11 Å². The van der Waals surface area contributed by atoms with E-state index in [1.807, 2.05) is 12.1 Å². The van der Waals surface area contributed by atoms with Crippen LogP contribution >= 0.6 is 0 Å². The van der Waals surface area contributed by atoms with Gasteiger partial charge in [-0.1, -0.05) is 54.6 Å². The van der Waals surface area contributed by atoms with Crippen LogP contribution < -0.4 is 0 Å². The van der Waals surface area contributed by atoms with E-state index in [1.165, 1.54) is 22.3 Å². The van der Waals surface area contributed by atoms with Crippen LogP contribution in [0.2, 0.25) is 0 Å². The maximum absolute atomic E-state index is 10.6. The van der Waals surface area contributed by atoms with Crippen LogP contribution in [0.25, 0.3) is 5.57 Å². The van der Waals surface area contributed by atoms with E-state index in [9.17, 15) is 5.11 Å². The number of nitrogens with zero attached hydrogens (tertiary/aromatic N) is 1. The molecule has 0 fully saturated rings. The average molecular weight is 293 g/mol. The van der Waals surface area contributed by atoms with E-state index >= 15 is 0 Å². The van der Waals surface area contributed by atoms with Crippen LogP contribution in [0, 0.1) is 0 Å². The fraction of sp³-hybridized carbons (Fsp3) is 0.300. The molecule has 0 saturated heterocycles. The van der Waals surface area contributed by atoms with Gasteiger partial charge in [0.1, 0.15) is 0 Å². The Morgan fingerprint density at radius 2 is 1.73 bits per heavy atom. The van der Waals surface area contributed by atoms with Crippen LogP contribution in [-0.4, -0.2) is 30.6 Å². The first kappa shape index (κ1) is 15.0. The van der Waals surface area contributed by atoms with E-state index in [1.54, 1.807) is 0 Å². The van der Waals surface area contributed by atoms with Crippen LogP contribution in [0.3, 0.4) is 0 Å².